The number of aromatic amines is 1. The van der Waals surface area contributed by atoms with Gasteiger partial charge in [-0.1, -0.05) is 41.9 Å². The van der Waals surface area contributed by atoms with E-state index in [2.05, 4.69) is 25.6 Å². The lowest BCUT2D eigenvalue weighted by Crippen LogP contribution is -2.14. The second-order valence-electron chi connectivity index (χ2n) is 6.77. The van der Waals surface area contributed by atoms with E-state index in [1.807, 2.05) is 30.3 Å². The molecule has 31 heavy (non-hydrogen) atoms. The number of hydrogen-bond donors (Lipinski definition) is 3. The van der Waals surface area contributed by atoms with Crippen molar-refractivity contribution in [2.24, 2.45) is 0 Å². The third-order valence-corrected chi connectivity index (χ3v) is 4.80. The Morgan fingerprint density at radius 3 is 2.55 bits per heavy atom. The van der Waals surface area contributed by atoms with E-state index >= 15 is 0 Å². The minimum Gasteiger partial charge on any atom is -0.338 e. The Kier molecular flexibility index (Phi) is 5.77. The average molecular weight is 432 g/mol. The Balaban J connectivity index is 1.57. The Morgan fingerprint density at radius 2 is 1.77 bits per heavy atom. The van der Waals surface area contributed by atoms with E-state index in [0.29, 0.717) is 33.5 Å². The van der Waals surface area contributed by atoms with Gasteiger partial charge in [-0.3, -0.25) is 9.59 Å². The third kappa shape index (κ3) is 4.79. The summed E-state index contributed by atoms with van der Waals surface area (Å²) in [7, 11) is 0. The number of aromatic nitrogens is 3. The molecule has 0 saturated carbocycles. The smallest absolute Gasteiger partial charge is 0.255 e. The highest BCUT2D eigenvalue weighted by molar-refractivity contribution is 6.33. The maximum Gasteiger partial charge on any atom is 0.255 e. The molecule has 0 saturated heterocycles. The number of nitrogens with zero attached hydrogens (tertiary/aromatic N) is 2. The van der Waals surface area contributed by atoms with Gasteiger partial charge in [-0.15, -0.1) is 0 Å². The van der Waals surface area contributed by atoms with Gasteiger partial charge in [-0.25, -0.2) is 9.97 Å². The van der Waals surface area contributed by atoms with Crippen molar-refractivity contribution < 1.29 is 9.59 Å². The van der Waals surface area contributed by atoms with Crippen molar-refractivity contribution in [2.45, 2.75) is 6.92 Å². The Labute approximate surface area is 183 Å². The molecule has 0 radical (unpaired) electrons. The lowest BCUT2D eigenvalue weighted by atomic mass is 10.1. The van der Waals surface area contributed by atoms with E-state index in [9.17, 15) is 9.59 Å². The van der Waals surface area contributed by atoms with Crippen molar-refractivity contribution in [3.8, 4) is 22.6 Å². The van der Waals surface area contributed by atoms with Gasteiger partial charge in [-0.2, -0.15) is 0 Å². The van der Waals surface area contributed by atoms with Crippen molar-refractivity contribution in [3.63, 3.8) is 0 Å². The molecular weight excluding hydrogens is 414 g/mol. The van der Waals surface area contributed by atoms with Gasteiger partial charge in [0.05, 0.1) is 16.9 Å². The fourth-order valence-corrected chi connectivity index (χ4v) is 3.24. The summed E-state index contributed by atoms with van der Waals surface area (Å²) in [5.41, 5.74) is 3.45. The molecule has 0 fully saturated rings. The molecule has 0 atom stereocenters. The number of hydrogen-bond acceptors (Lipinski definition) is 4. The molecule has 154 valence electrons. The SMILES string of the molecule is CC(=O)Nc1cc(C(=O)Nc2ccc(Cl)c(-c3ncc(-c4ccccc4)[nH]3)c2)ccn1. The molecule has 7 nitrogen and oxygen atoms in total. The summed E-state index contributed by atoms with van der Waals surface area (Å²) in [4.78, 5) is 35.6. The van der Waals surface area contributed by atoms with Crippen LogP contribution in [0.4, 0.5) is 11.5 Å². The fourth-order valence-electron chi connectivity index (χ4n) is 3.03. The number of rotatable bonds is 5. The third-order valence-electron chi connectivity index (χ3n) is 4.47. The molecule has 4 aromatic rings. The highest BCUT2D eigenvalue weighted by Crippen LogP contribution is 2.30. The lowest BCUT2D eigenvalue weighted by Gasteiger charge is -2.09. The van der Waals surface area contributed by atoms with Crippen LogP contribution in [0.1, 0.15) is 17.3 Å². The van der Waals surface area contributed by atoms with Crippen LogP contribution >= 0.6 is 11.6 Å². The monoisotopic (exact) mass is 431 g/mol. The summed E-state index contributed by atoms with van der Waals surface area (Å²) in [5.74, 6) is 0.296. The molecule has 2 heterocycles. The molecule has 0 aliphatic carbocycles. The van der Waals surface area contributed by atoms with Gasteiger partial charge >= 0.3 is 0 Å². The molecular formula is C23H18ClN5O2. The minimum atomic E-state index is -0.341. The topological polar surface area (TPSA) is 99.8 Å². The number of imidazole rings is 1. The summed E-state index contributed by atoms with van der Waals surface area (Å²) in [6.07, 6.45) is 3.20. The van der Waals surface area contributed by atoms with Crippen molar-refractivity contribution >= 4 is 34.9 Å². The number of amides is 2. The van der Waals surface area contributed by atoms with E-state index in [1.54, 1.807) is 30.5 Å². The van der Waals surface area contributed by atoms with Crippen LogP contribution in [0, 0.1) is 0 Å². The number of pyridine rings is 1. The first-order valence-electron chi connectivity index (χ1n) is 9.45. The Hall–Kier alpha value is -3.97. The summed E-state index contributed by atoms with van der Waals surface area (Å²) < 4.78 is 0. The molecule has 2 amide bonds. The van der Waals surface area contributed by atoms with Crippen LogP contribution in [0.5, 0.6) is 0 Å². The van der Waals surface area contributed by atoms with Gasteiger partial charge < -0.3 is 15.6 Å². The number of H-pyrrole nitrogens is 1. The van der Waals surface area contributed by atoms with Crippen LogP contribution in [0.15, 0.2) is 73.1 Å². The fraction of sp³-hybridized carbons (Fsp3) is 0.0435. The minimum absolute atomic E-state index is 0.263. The molecule has 2 aromatic carbocycles. The highest BCUT2D eigenvalue weighted by atomic mass is 35.5. The van der Waals surface area contributed by atoms with Crippen LogP contribution in [0.3, 0.4) is 0 Å². The second kappa shape index (κ2) is 8.81. The standard InChI is InChI=1S/C23H18ClN5O2/c1-14(30)27-21-11-16(9-10-25-21)23(31)28-17-7-8-19(24)18(12-17)22-26-13-20(29-22)15-5-3-2-4-6-15/h2-13H,1H3,(H,26,29)(H,28,31)(H,25,27,30). The van der Waals surface area contributed by atoms with E-state index in [-0.39, 0.29) is 11.8 Å². The molecule has 2 aromatic heterocycles. The van der Waals surface area contributed by atoms with Crippen LogP contribution in [-0.2, 0) is 4.79 Å². The molecule has 0 unspecified atom stereocenters. The summed E-state index contributed by atoms with van der Waals surface area (Å²) in [5, 5.41) is 5.90. The van der Waals surface area contributed by atoms with Gasteiger partial charge in [0.1, 0.15) is 11.6 Å². The molecule has 0 spiro atoms. The van der Waals surface area contributed by atoms with Crippen molar-refractivity contribution in [1.29, 1.82) is 0 Å². The highest BCUT2D eigenvalue weighted by Gasteiger charge is 2.13. The first kappa shape index (κ1) is 20.3. The van der Waals surface area contributed by atoms with E-state index < -0.39 is 0 Å². The summed E-state index contributed by atoms with van der Waals surface area (Å²) >= 11 is 6.39. The predicted octanol–water partition coefficient (Wildman–Crippen LogP) is 5.00. The van der Waals surface area contributed by atoms with E-state index in [0.717, 1.165) is 11.3 Å². The second-order valence-corrected chi connectivity index (χ2v) is 7.18. The van der Waals surface area contributed by atoms with Crippen LogP contribution in [-0.4, -0.2) is 26.8 Å². The van der Waals surface area contributed by atoms with Crippen LogP contribution in [0.25, 0.3) is 22.6 Å². The zero-order chi connectivity index (χ0) is 21.8. The van der Waals surface area contributed by atoms with Crippen molar-refractivity contribution in [3.05, 3.63) is 83.6 Å². The van der Waals surface area contributed by atoms with E-state index in [1.165, 1.54) is 19.2 Å². The quantitative estimate of drug-likeness (QED) is 0.414. The first-order valence-corrected chi connectivity index (χ1v) is 9.83. The van der Waals surface area contributed by atoms with E-state index in [4.69, 9.17) is 11.6 Å². The van der Waals surface area contributed by atoms with Gasteiger partial charge in [-0.05, 0) is 35.9 Å². The number of anilines is 2. The Morgan fingerprint density at radius 1 is 0.968 bits per heavy atom. The van der Waals surface area contributed by atoms with Gasteiger partial charge in [0.25, 0.3) is 5.91 Å². The maximum absolute atomic E-state index is 12.7. The number of halogens is 1. The number of nitrogens with one attached hydrogen (secondary N) is 3. The molecule has 4 rings (SSSR count). The molecule has 3 N–H and O–H groups in total. The normalized spacial score (nSPS) is 10.5. The number of carbonyl (C=O) groups excluding carboxylic acids is 2. The summed E-state index contributed by atoms with van der Waals surface area (Å²) in [6.45, 7) is 1.38. The molecule has 8 heteroatoms. The van der Waals surface area contributed by atoms with Crippen molar-refractivity contribution in [2.75, 3.05) is 10.6 Å². The van der Waals surface area contributed by atoms with Gasteiger partial charge in [0.15, 0.2) is 0 Å². The average Bonchev–Trinajstić information content (AvgIpc) is 3.25. The van der Waals surface area contributed by atoms with Gasteiger partial charge in [0.2, 0.25) is 5.91 Å². The first-order chi connectivity index (χ1) is 15.0. The maximum atomic E-state index is 12.7. The van der Waals surface area contributed by atoms with Gasteiger partial charge in [0, 0.05) is 29.9 Å². The molecule has 0 aliphatic heterocycles. The van der Waals surface area contributed by atoms with Crippen LogP contribution in [0.2, 0.25) is 5.02 Å². The predicted molar refractivity (Wildman–Crippen MR) is 121 cm³/mol. The number of carbonyl (C=O) groups is 2. The van der Waals surface area contributed by atoms with Crippen molar-refractivity contribution in [1.82, 2.24) is 15.0 Å². The number of benzene rings is 2. The molecule has 0 aliphatic rings. The lowest BCUT2D eigenvalue weighted by molar-refractivity contribution is -0.114. The largest absolute Gasteiger partial charge is 0.338 e. The molecule has 0 bridgehead atoms. The zero-order valence-corrected chi connectivity index (χ0v) is 17.3. The van der Waals surface area contributed by atoms with Crippen LogP contribution < -0.4 is 10.6 Å². The zero-order valence-electron chi connectivity index (χ0n) is 16.5. The Bertz CT molecular complexity index is 1250. The summed E-state index contributed by atoms with van der Waals surface area (Å²) in [6, 6.07) is 18.1.